The van der Waals surface area contributed by atoms with Crippen LogP contribution in [0.2, 0.25) is 0 Å². The summed E-state index contributed by atoms with van der Waals surface area (Å²) in [5.41, 5.74) is -1.30. The highest BCUT2D eigenvalue weighted by molar-refractivity contribution is 5.96. The maximum atomic E-state index is 11.9. The summed E-state index contributed by atoms with van der Waals surface area (Å²) >= 11 is 0. The minimum atomic E-state index is -1.30. The van der Waals surface area contributed by atoms with Crippen LogP contribution in [0.25, 0.3) is 0 Å². The van der Waals surface area contributed by atoms with E-state index >= 15 is 0 Å². The quantitative estimate of drug-likeness (QED) is 0.627. The summed E-state index contributed by atoms with van der Waals surface area (Å²) in [6, 6.07) is 0. The molecule has 4 heteroatoms. The molecule has 0 aromatic rings. The van der Waals surface area contributed by atoms with Gasteiger partial charge in [0.05, 0.1) is 12.0 Å². The lowest BCUT2D eigenvalue weighted by molar-refractivity contribution is -0.196. The van der Waals surface area contributed by atoms with E-state index in [-0.39, 0.29) is 23.5 Å². The molecule has 0 aromatic heterocycles. The lowest BCUT2D eigenvalue weighted by Crippen LogP contribution is -2.68. The molecular weight excluding hydrogens is 268 g/mol. The van der Waals surface area contributed by atoms with Gasteiger partial charge in [-0.15, -0.1) is 0 Å². The topological polar surface area (TPSA) is 77.8 Å². The van der Waals surface area contributed by atoms with Gasteiger partial charge < -0.3 is 15.3 Å². The lowest BCUT2D eigenvalue weighted by atomic mass is 9.50. The summed E-state index contributed by atoms with van der Waals surface area (Å²) < 4.78 is 0. The van der Waals surface area contributed by atoms with Gasteiger partial charge in [-0.25, -0.2) is 0 Å². The molecule has 3 N–H and O–H groups in total. The highest BCUT2D eigenvalue weighted by atomic mass is 16.3. The minimum Gasteiger partial charge on any atom is -0.392 e. The number of ketones is 1. The molecule has 0 saturated heterocycles. The van der Waals surface area contributed by atoms with Crippen molar-refractivity contribution in [3.05, 3.63) is 0 Å². The molecule has 116 valence electrons. The Hall–Kier alpha value is -0.890. The van der Waals surface area contributed by atoms with Gasteiger partial charge in [0.15, 0.2) is 5.78 Å². The van der Waals surface area contributed by atoms with Crippen LogP contribution in [0.1, 0.15) is 45.4 Å². The monoisotopic (exact) mass is 292 g/mol. The van der Waals surface area contributed by atoms with Crippen molar-refractivity contribution in [2.24, 2.45) is 23.7 Å². The van der Waals surface area contributed by atoms with Crippen molar-refractivity contribution in [2.45, 2.75) is 63.3 Å². The standard InChI is InChI=1S/C17H24O4/c1-10-15-12(6-7-13(18)11-4-2-3-5-11)14(19)8-9-17(15,21)16(10)20/h10-15,18-19,21H,2-5,8-9H2,1H3/t10?,12-,13-,14+,15+,17+/m1/s1. The van der Waals surface area contributed by atoms with Crippen LogP contribution < -0.4 is 0 Å². The Bertz CT molecular complexity index is 485. The fraction of sp³-hybridized carbons (Fsp3) is 0.824. The summed E-state index contributed by atoms with van der Waals surface area (Å²) in [6.07, 6.45) is 3.74. The third-order valence-electron chi connectivity index (χ3n) is 5.80. The Kier molecular flexibility index (Phi) is 3.85. The molecule has 0 spiro atoms. The third kappa shape index (κ3) is 2.32. The fourth-order valence-corrected chi connectivity index (χ4v) is 4.48. The van der Waals surface area contributed by atoms with Gasteiger partial charge in [-0.1, -0.05) is 31.6 Å². The predicted octanol–water partition coefficient (Wildman–Crippen LogP) is 0.878. The minimum absolute atomic E-state index is 0.123. The predicted molar refractivity (Wildman–Crippen MR) is 77.1 cm³/mol. The number of hydrogen-bond acceptors (Lipinski definition) is 4. The first kappa shape index (κ1) is 15.0. The Labute approximate surface area is 125 Å². The average Bonchev–Trinajstić information content (AvgIpc) is 3.01. The van der Waals surface area contributed by atoms with E-state index in [0.717, 1.165) is 25.7 Å². The van der Waals surface area contributed by atoms with Gasteiger partial charge in [-0.2, -0.15) is 0 Å². The molecule has 0 aromatic carbocycles. The second-order valence-electron chi connectivity index (χ2n) is 7.01. The second kappa shape index (κ2) is 5.39. The SMILES string of the molecule is CC1C(=O)[C@]2(O)CC[C@H](O)[C@@H](C#C[C@@H](O)C3CCCC3)[C@H]12. The number of Topliss-reactive ketones (excluding diaryl/α,β-unsaturated/α-hetero) is 1. The van der Waals surface area contributed by atoms with Gasteiger partial charge in [-0.05, 0) is 31.6 Å². The van der Waals surface area contributed by atoms with Crippen LogP contribution in [-0.2, 0) is 4.79 Å². The Morgan fingerprint density at radius 1 is 1.29 bits per heavy atom. The fourth-order valence-electron chi connectivity index (χ4n) is 4.48. The van der Waals surface area contributed by atoms with Crippen LogP contribution in [0.4, 0.5) is 0 Å². The number of fused-ring (bicyclic) bond motifs is 1. The molecule has 3 rings (SSSR count). The van der Waals surface area contributed by atoms with E-state index in [9.17, 15) is 20.1 Å². The first-order chi connectivity index (χ1) is 9.95. The van der Waals surface area contributed by atoms with E-state index in [1.54, 1.807) is 6.92 Å². The van der Waals surface area contributed by atoms with Gasteiger partial charge >= 0.3 is 0 Å². The Morgan fingerprint density at radius 2 is 1.95 bits per heavy atom. The van der Waals surface area contributed by atoms with Crippen molar-refractivity contribution in [3.63, 3.8) is 0 Å². The van der Waals surface area contributed by atoms with Crippen molar-refractivity contribution < 1.29 is 20.1 Å². The summed E-state index contributed by atoms with van der Waals surface area (Å²) in [6.45, 7) is 1.79. The van der Waals surface area contributed by atoms with Crippen LogP contribution in [0, 0.1) is 35.5 Å². The Balaban J connectivity index is 1.75. The summed E-state index contributed by atoms with van der Waals surface area (Å²) in [5, 5.41) is 30.8. The van der Waals surface area contributed by atoms with E-state index in [1.165, 1.54) is 0 Å². The first-order valence-corrected chi connectivity index (χ1v) is 8.09. The summed E-state index contributed by atoms with van der Waals surface area (Å²) in [7, 11) is 0. The zero-order valence-electron chi connectivity index (χ0n) is 12.5. The molecule has 3 aliphatic carbocycles. The van der Waals surface area contributed by atoms with E-state index in [1.807, 2.05) is 0 Å². The van der Waals surface area contributed by atoms with E-state index in [4.69, 9.17) is 0 Å². The highest BCUT2D eigenvalue weighted by Crippen LogP contribution is 2.52. The van der Waals surface area contributed by atoms with Crippen LogP contribution in [0.5, 0.6) is 0 Å². The number of aliphatic hydroxyl groups is 3. The summed E-state index contributed by atoms with van der Waals surface area (Å²) in [4.78, 5) is 11.9. The number of carbonyl (C=O) groups excluding carboxylic acids is 1. The first-order valence-electron chi connectivity index (χ1n) is 8.09. The van der Waals surface area contributed by atoms with Crippen LogP contribution in [-0.4, -0.2) is 38.9 Å². The van der Waals surface area contributed by atoms with E-state index in [2.05, 4.69) is 11.8 Å². The lowest BCUT2D eigenvalue weighted by Gasteiger charge is -2.55. The average molecular weight is 292 g/mol. The van der Waals surface area contributed by atoms with Crippen molar-refractivity contribution in [2.75, 3.05) is 0 Å². The molecule has 0 bridgehead atoms. The smallest absolute Gasteiger partial charge is 0.167 e. The van der Waals surface area contributed by atoms with Gasteiger partial charge in [-0.3, -0.25) is 4.79 Å². The zero-order chi connectivity index (χ0) is 15.2. The van der Waals surface area contributed by atoms with Crippen LogP contribution >= 0.6 is 0 Å². The normalized spacial score (nSPS) is 44.5. The zero-order valence-corrected chi connectivity index (χ0v) is 12.5. The molecule has 0 aliphatic heterocycles. The molecule has 3 saturated carbocycles. The van der Waals surface area contributed by atoms with E-state index in [0.29, 0.717) is 12.8 Å². The maximum absolute atomic E-state index is 11.9. The molecule has 4 nitrogen and oxygen atoms in total. The summed E-state index contributed by atoms with van der Waals surface area (Å²) in [5.74, 6) is 5.03. The Morgan fingerprint density at radius 3 is 2.62 bits per heavy atom. The molecular formula is C17H24O4. The number of hydrogen-bond donors (Lipinski definition) is 3. The third-order valence-corrected chi connectivity index (χ3v) is 5.80. The maximum Gasteiger partial charge on any atom is 0.167 e. The van der Waals surface area contributed by atoms with Crippen LogP contribution in [0.3, 0.4) is 0 Å². The highest BCUT2D eigenvalue weighted by Gasteiger charge is 2.64. The molecule has 1 unspecified atom stereocenters. The number of carbonyl (C=O) groups is 1. The largest absolute Gasteiger partial charge is 0.392 e. The van der Waals surface area contributed by atoms with Gasteiger partial charge in [0.25, 0.3) is 0 Å². The molecule has 0 heterocycles. The van der Waals surface area contributed by atoms with Gasteiger partial charge in [0, 0.05) is 11.8 Å². The van der Waals surface area contributed by atoms with Gasteiger partial charge in [0.1, 0.15) is 11.7 Å². The van der Waals surface area contributed by atoms with Gasteiger partial charge in [0.2, 0.25) is 0 Å². The second-order valence-corrected chi connectivity index (χ2v) is 7.01. The molecule has 3 fully saturated rings. The van der Waals surface area contributed by atoms with Crippen molar-refractivity contribution >= 4 is 5.78 Å². The number of aliphatic hydroxyl groups excluding tert-OH is 2. The van der Waals surface area contributed by atoms with Crippen LogP contribution in [0.15, 0.2) is 0 Å². The van der Waals surface area contributed by atoms with Crippen molar-refractivity contribution in [3.8, 4) is 11.8 Å². The molecule has 0 amide bonds. The molecule has 6 atom stereocenters. The van der Waals surface area contributed by atoms with Crippen molar-refractivity contribution in [1.29, 1.82) is 0 Å². The molecule has 21 heavy (non-hydrogen) atoms. The van der Waals surface area contributed by atoms with E-state index < -0.39 is 23.7 Å². The molecule has 3 aliphatic rings. The number of rotatable bonds is 1. The molecule has 0 radical (unpaired) electrons. The van der Waals surface area contributed by atoms with Crippen molar-refractivity contribution in [1.82, 2.24) is 0 Å².